The van der Waals surface area contributed by atoms with Crippen molar-refractivity contribution >= 4 is 34.3 Å². The topological polar surface area (TPSA) is 73.2 Å². The normalized spacial score (nSPS) is 11.5. The van der Waals surface area contributed by atoms with Gasteiger partial charge in [0.15, 0.2) is 0 Å². The molecule has 0 saturated carbocycles. The smallest absolute Gasteiger partial charge is 0.412 e. The molecule has 7 heteroatoms. The van der Waals surface area contributed by atoms with Crippen LogP contribution in [0.1, 0.15) is 32.2 Å². The number of nitrogens with zero attached hydrogens (tertiary/aromatic N) is 2. The molecular weight excluding hydrogens is 378 g/mol. The number of aryl methyl sites for hydroxylation is 1. The first kappa shape index (κ1) is 19.9. The van der Waals surface area contributed by atoms with Gasteiger partial charge >= 0.3 is 6.09 Å². The monoisotopic (exact) mass is 399 g/mol. The second-order valence-electron chi connectivity index (χ2n) is 7.50. The Kier molecular flexibility index (Phi) is 5.42. The molecule has 0 atom stereocenters. The highest BCUT2D eigenvalue weighted by Gasteiger charge is 2.17. The molecule has 28 heavy (non-hydrogen) atoms. The lowest BCUT2D eigenvalue weighted by atomic mass is 10.2. The minimum Gasteiger partial charge on any atom is -0.444 e. The zero-order valence-corrected chi connectivity index (χ0v) is 17.0. The summed E-state index contributed by atoms with van der Waals surface area (Å²) in [5.74, 6) is 0.588. The maximum Gasteiger partial charge on any atom is 0.412 e. The van der Waals surface area contributed by atoms with Crippen molar-refractivity contribution in [3.05, 3.63) is 69.2 Å². The van der Waals surface area contributed by atoms with Crippen LogP contribution >= 0.6 is 11.6 Å². The molecule has 0 radical (unpaired) electrons. The van der Waals surface area contributed by atoms with Gasteiger partial charge in [-0.2, -0.15) is 0 Å². The predicted molar refractivity (Wildman–Crippen MR) is 111 cm³/mol. The highest BCUT2D eigenvalue weighted by atomic mass is 35.5. The maximum atomic E-state index is 13.1. The number of aromatic nitrogens is 2. The number of ether oxygens (including phenoxy) is 1. The molecule has 3 rings (SSSR count). The molecule has 0 aliphatic carbocycles. The van der Waals surface area contributed by atoms with Crippen LogP contribution in [0.25, 0.3) is 10.9 Å². The number of carbonyl (C=O) groups is 1. The zero-order chi connectivity index (χ0) is 20.5. The number of halogens is 1. The van der Waals surface area contributed by atoms with E-state index in [1.807, 2.05) is 18.2 Å². The molecule has 0 unspecified atom stereocenters. The van der Waals surface area contributed by atoms with Crippen LogP contribution in [0.3, 0.4) is 0 Å². The highest BCUT2D eigenvalue weighted by Crippen LogP contribution is 2.19. The third-order valence-corrected chi connectivity index (χ3v) is 4.45. The van der Waals surface area contributed by atoms with E-state index in [1.165, 1.54) is 0 Å². The van der Waals surface area contributed by atoms with Crippen LogP contribution in [0, 0.1) is 6.92 Å². The summed E-state index contributed by atoms with van der Waals surface area (Å²) in [6.45, 7) is 7.45. The van der Waals surface area contributed by atoms with Crippen molar-refractivity contribution < 1.29 is 9.53 Å². The predicted octanol–water partition coefficient (Wildman–Crippen LogP) is 4.75. The number of carbonyl (C=O) groups excluding carboxylic acids is 1. The van der Waals surface area contributed by atoms with E-state index in [0.29, 0.717) is 34.0 Å². The van der Waals surface area contributed by atoms with E-state index < -0.39 is 11.7 Å². The standard InChI is InChI=1S/C21H22ClN3O3/c1-13-23-18-10-9-15(24-20(27)28-21(2,3)4)11-16(18)19(26)25(13)12-14-7-5-6-8-17(14)22/h5-11H,12H2,1-4H3,(H,24,27). The molecule has 0 fully saturated rings. The first-order valence-electron chi connectivity index (χ1n) is 8.89. The van der Waals surface area contributed by atoms with E-state index in [2.05, 4.69) is 10.3 Å². The van der Waals surface area contributed by atoms with Crippen LogP contribution in [0.4, 0.5) is 10.5 Å². The fourth-order valence-corrected chi connectivity index (χ4v) is 3.01. The Morgan fingerprint density at radius 3 is 2.61 bits per heavy atom. The van der Waals surface area contributed by atoms with E-state index in [9.17, 15) is 9.59 Å². The molecule has 0 aliphatic rings. The Balaban J connectivity index is 1.98. The van der Waals surface area contributed by atoms with Gasteiger partial charge in [0.25, 0.3) is 5.56 Å². The molecule has 0 aliphatic heterocycles. The summed E-state index contributed by atoms with van der Waals surface area (Å²) in [5.41, 5.74) is 1.05. The number of hydrogen-bond donors (Lipinski definition) is 1. The maximum absolute atomic E-state index is 13.1. The van der Waals surface area contributed by atoms with Crippen LogP contribution in [0.2, 0.25) is 5.02 Å². The SMILES string of the molecule is Cc1nc2ccc(NC(=O)OC(C)(C)C)cc2c(=O)n1Cc1ccccc1Cl. The Bertz CT molecular complexity index is 1100. The molecule has 6 nitrogen and oxygen atoms in total. The van der Waals surface area contributed by atoms with Crippen LogP contribution in [0.15, 0.2) is 47.3 Å². The van der Waals surface area contributed by atoms with Crippen LogP contribution in [-0.4, -0.2) is 21.2 Å². The Morgan fingerprint density at radius 1 is 1.21 bits per heavy atom. The van der Waals surface area contributed by atoms with E-state index in [0.717, 1.165) is 5.56 Å². The molecule has 2 aromatic carbocycles. The van der Waals surface area contributed by atoms with Crippen molar-refractivity contribution in [1.82, 2.24) is 9.55 Å². The number of amides is 1. The van der Waals surface area contributed by atoms with Crippen molar-refractivity contribution in [3.8, 4) is 0 Å². The highest BCUT2D eigenvalue weighted by molar-refractivity contribution is 6.31. The van der Waals surface area contributed by atoms with Gasteiger partial charge in [-0.25, -0.2) is 9.78 Å². The fraction of sp³-hybridized carbons (Fsp3) is 0.286. The van der Waals surface area contributed by atoms with Crippen molar-refractivity contribution in [3.63, 3.8) is 0 Å². The zero-order valence-electron chi connectivity index (χ0n) is 16.2. The summed E-state index contributed by atoms with van der Waals surface area (Å²) in [6, 6.07) is 12.4. The second-order valence-corrected chi connectivity index (χ2v) is 7.91. The van der Waals surface area contributed by atoms with Crippen LogP contribution in [0.5, 0.6) is 0 Å². The molecule has 0 bridgehead atoms. The van der Waals surface area contributed by atoms with Crippen molar-refractivity contribution in [2.75, 3.05) is 5.32 Å². The lowest BCUT2D eigenvalue weighted by molar-refractivity contribution is 0.0636. The third kappa shape index (κ3) is 4.51. The van der Waals surface area contributed by atoms with Gasteiger partial charge in [-0.3, -0.25) is 14.7 Å². The van der Waals surface area contributed by atoms with Crippen LogP contribution < -0.4 is 10.9 Å². The van der Waals surface area contributed by atoms with Crippen LogP contribution in [-0.2, 0) is 11.3 Å². The van der Waals surface area contributed by atoms with Gasteiger partial charge < -0.3 is 4.74 Å². The molecule has 1 aromatic heterocycles. The molecule has 0 saturated heterocycles. The molecule has 1 amide bonds. The first-order chi connectivity index (χ1) is 13.1. The Labute approximate surface area is 168 Å². The Morgan fingerprint density at radius 2 is 1.93 bits per heavy atom. The summed E-state index contributed by atoms with van der Waals surface area (Å²) < 4.78 is 6.83. The summed E-state index contributed by atoms with van der Waals surface area (Å²) in [6.07, 6.45) is -0.580. The number of nitrogens with one attached hydrogen (secondary N) is 1. The number of fused-ring (bicyclic) bond motifs is 1. The lowest BCUT2D eigenvalue weighted by Gasteiger charge is -2.19. The average Bonchev–Trinajstić information content (AvgIpc) is 2.59. The number of benzene rings is 2. The molecule has 0 spiro atoms. The van der Waals surface area contributed by atoms with Gasteiger partial charge in [-0.05, 0) is 57.5 Å². The summed E-state index contributed by atoms with van der Waals surface area (Å²) in [5, 5.41) is 3.65. The number of rotatable bonds is 3. The van der Waals surface area contributed by atoms with E-state index >= 15 is 0 Å². The van der Waals surface area contributed by atoms with Gasteiger partial charge in [0.2, 0.25) is 0 Å². The summed E-state index contributed by atoms with van der Waals surface area (Å²) in [7, 11) is 0. The van der Waals surface area contributed by atoms with Crippen molar-refractivity contribution in [1.29, 1.82) is 0 Å². The van der Waals surface area contributed by atoms with E-state index in [-0.39, 0.29) is 5.56 Å². The third-order valence-electron chi connectivity index (χ3n) is 4.08. The van der Waals surface area contributed by atoms with E-state index in [4.69, 9.17) is 16.3 Å². The average molecular weight is 400 g/mol. The van der Waals surface area contributed by atoms with Crippen molar-refractivity contribution in [2.45, 2.75) is 39.8 Å². The van der Waals surface area contributed by atoms with Gasteiger partial charge in [0.1, 0.15) is 11.4 Å². The second kappa shape index (κ2) is 7.64. The molecule has 3 aromatic rings. The minimum absolute atomic E-state index is 0.199. The minimum atomic E-state index is -0.610. The fourth-order valence-electron chi connectivity index (χ4n) is 2.81. The van der Waals surface area contributed by atoms with Gasteiger partial charge in [0.05, 0.1) is 17.4 Å². The van der Waals surface area contributed by atoms with Gasteiger partial charge in [-0.1, -0.05) is 29.8 Å². The summed E-state index contributed by atoms with van der Waals surface area (Å²) in [4.78, 5) is 29.6. The number of hydrogen-bond acceptors (Lipinski definition) is 4. The lowest BCUT2D eigenvalue weighted by Crippen LogP contribution is -2.27. The summed E-state index contributed by atoms with van der Waals surface area (Å²) >= 11 is 6.24. The molecule has 1 heterocycles. The molecular formula is C21H22ClN3O3. The van der Waals surface area contributed by atoms with Crippen molar-refractivity contribution in [2.24, 2.45) is 0 Å². The largest absolute Gasteiger partial charge is 0.444 e. The van der Waals surface area contributed by atoms with E-state index in [1.54, 1.807) is 56.5 Å². The molecule has 1 N–H and O–H groups in total. The first-order valence-corrected chi connectivity index (χ1v) is 9.26. The Hall–Kier alpha value is -2.86. The molecule has 146 valence electrons. The quantitative estimate of drug-likeness (QED) is 0.689. The van der Waals surface area contributed by atoms with Gasteiger partial charge in [0, 0.05) is 10.7 Å². The number of anilines is 1. The van der Waals surface area contributed by atoms with Gasteiger partial charge in [-0.15, -0.1) is 0 Å².